The van der Waals surface area contributed by atoms with Crippen molar-refractivity contribution in [3.05, 3.63) is 40.3 Å². The van der Waals surface area contributed by atoms with Crippen molar-refractivity contribution in [2.75, 3.05) is 33.9 Å². The van der Waals surface area contributed by atoms with Crippen molar-refractivity contribution in [3.8, 4) is 11.5 Å². The first-order valence-electron chi connectivity index (χ1n) is 8.34. The summed E-state index contributed by atoms with van der Waals surface area (Å²) in [5, 5.41) is 7.73. The summed E-state index contributed by atoms with van der Waals surface area (Å²) in [5.74, 6) is 2.42. The molecular weight excluding hydrogens is 463 g/mol. The van der Waals surface area contributed by atoms with E-state index in [4.69, 9.17) is 9.47 Å². The average molecular weight is 490 g/mol. The van der Waals surface area contributed by atoms with Crippen LogP contribution in [0.15, 0.2) is 35.5 Å². The van der Waals surface area contributed by atoms with Gasteiger partial charge < -0.3 is 20.1 Å². The van der Waals surface area contributed by atoms with E-state index in [9.17, 15) is 0 Å². The topological polar surface area (TPSA) is 67.8 Å². The summed E-state index contributed by atoms with van der Waals surface area (Å²) >= 11 is 1.74. The van der Waals surface area contributed by atoms with Gasteiger partial charge in [-0.05, 0) is 25.5 Å². The molecule has 26 heavy (non-hydrogen) atoms. The van der Waals surface area contributed by atoms with Gasteiger partial charge in [0.05, 0.1) is 18.7 Å². The summed E-state index contributed by atoms with van der Waals surface area (Å²) in [6.45, 7) is 4.31. The van der Waals surface area contributed by atoms with Crippen molar-refractivity contribution in [2.24, 2.45) is 4.99 Å². The highest BCUT2D eigenvalue weighted by Gasteiger charge is 2.01. The summed E-state index contributed by atoms with van der Waals surface area (Å²) in [7, 11) is 3.42. The monoisotopic (exact) mass is 490 g/mol. The van der Waals surface area contributed by atoms with Gasteiger partial charge in [-0.3, -0.25) is 4.99 Å². The molecule has 1 aromatic heterocycles. The van der Waals surface area contributed by atoms with E-state index < -0.39 is 0 Å². The van der Waals surface area contributed by atoms with E-state index in [1.54, 1.807) is 25.5 Å². The maximum Gasteiger partial charge on any atom is 0.190 e. The van der Waals surface area contributed by atoms with Crippen LogP contribution in [0, 0.1) is 6.92 Å². The summed E-state index contributed by atoms with van der Waals surface area (Å²) in [4.78, 5) is 9.83. The lowest BCUT2D eigenvalue weighted by atomic mass is 10.3. The third-order valence-electron chi connectivity index (χ3n) is 3.45. The fraction of sp³-hybridized carbons (Fsp3) is 0.444. The molecule has 0 spiro atoms. The molecule has 0 aliphatic rings. The van der Waals surface area contributed by atoms with E-state index in [0.717, 1.165) is 48.4 Å². The molecule has 0 aliphatic heterocycles. The van der Waals surface area contributed by atoms with Crippen LogP contribution in [0.2, 0.25) is 0 Å². The van der Waals surface area contributed by atoms with Gasteiger partial charge >= 0.3 is 0 Å². The number of guanidine groups is 1. The third kappa shape index (κ3) is 8.22. The number of nitrogens with zero attached hydrogens (tertiary/aromatic N) is 2. The van der Waals surface area contributed by atoms with Crippen molar-refractivity contribution in [1.29, 1.82) is 0 Å². The molecular formula is C18H27IN4O2S. The van der Waals surface area contributed by atoms with Crippen LogP contribution in [0.4, 0.5) is 0 Å². The van der Waals surface area contributed by atoms with E-state index in [1.807, 2.05) is 30.5 Å². The molecule has 0 unspecified atom stereocenters. The molecule has 0 aliphatic carbocycles. The molecule has 0 fully saturated rings. The Balaban J connectivity index is 0.00000338. The van der Waals surface area contributed by atoms with Crippen molar-refractivity contribution in [2.45, 2.75) is 19.8 Å². The Morgan fingerprint density at radius 2 is 2.00 bits per heavy atom. The average Bonchev–Trinajstić information content (AvgIpc) is 3.05. The molecule has 0 atom stereocenters. The Labute approximate surface area is 176 Å². The van der Waals surface area contributed by atoms with Crippen LogP contribution < -0.4 is 20.1 Å². The minimum absolute atomic E-state index is 0. The first kappa shape index (κ1) is 22.5. The highest BCUT2D eigenvalue weighted by Crippen LogP contribution is 2.18. The summed E-state index contributed by atoms with van der Waals surface area (Å²) in [5.41, 5.74) is 0. The van der Waals surface area contributed by atoms with Crippen molar-refractivity contribution >= 4 is 41.3 Å². The van der Waals surface area contributed by atoms with Crippen molar-refractivity contribution < 1.29 is 9.47 Å². The van der Waals surface area contributed by atoms with E-state index in [0.29, 0.717) is 6.61 Å². The normalized spacial score (nSPS) is 10.8. The Bertz CT molecular complexity index is 679. The van der Waals surface area contributed by atoms with Gasteiger partial charge in [-0.25, -0.2) is 4.98 Å². The van der Waals surface area contributed by atoms with Crippen LogP contribution >= 0.6 is 35.3 Å². The van der Waals surface area contributed by atoms with E-state index in [2.05, 4.69) is 27.5 Å². The van der Waals surface area contributed by atoms with Crippen LogP contribution in [0.5, 0.6) is 11.5 Å². The zero-order chi connectivity index (χ0) is 17.9. The molecule has 0 saturated carbocycles. The van der Waals surface area contributed by atoms with Gasteiger partial charge in [0.15, 0.2) is 5.96 Å². The van der Waals surface area contributed by atoms with E-state index >= 15 is 0 Å². The van der Waals surface area contributed by atoms with Gasteiger partial charge in [-0.15, -0.1) is 35.3 Å². The Hall–Kier alpha value is -1.55. The fourth-order valence-corrected chi connectivity index (χ4v) is 2.97. The molecule has 0 amide bonds. The number of aliphatic imine (C=N–C) groups is 1. The summed E-state index contributed by atoms with van der Waals surface area (Å²) in [6.07, 6.45) is 3.69. The molecule has 0 saturated heterocycles. The molecule has 144 valence electrons. The summed E-state index contributed by atoms with van der Waals surface area (Å²) < 4.78 is 10.9. The predicted octanol–water partition coefficient (Wildman–Crippen LogP) is 3.25. The van der Waals surface area contributed by atoms with Crippen molar-refractivity contribution in [1.82, 2.24) is 15.6 Å². The molecule has 2 N–H and O–H groups in total. The van der Waals surface area contributed by atoms with Crippen LogP contribution in [0.1, 0.15) is 16.3 Å². The summed E-state index contributed by atoms with van der Waals surface area (Å²) in [6, 6.07) is 7.63. The zero-order valence-corrected chi connectivity index (χ0v) is 18.6. The zero-order valence-electron chi connectivity index (χ0n) is 15.4. The minimum Gasteiger partial charge on any atom is -0.497 e. The van der Waals surface area contributed by atoms with Gasteiger partial charge in [0.1, 0.15) is 11.5 Å². The second-order valence-electron chi connectivity index (χ2n) is 5.42. The van der Waals surface area contributed by atoms with Crippen LogP contribution in [0.25, 0.3) is 0 Å². The number of halogens is 1. The highest BCUT2D eigenvalue weighted by atomic mass is 127. The number of aryl methyl sites for hydroxylation is 1. The first-order valence-corrected chi connectivity index (χ1v) is 9.15. The number of methoxy groups -OCH3 is 1. The lowest BCUT2D eigenvalue weighted by Crippen LogP contribution is -2.39. The second-order valence-corrected chi connectivity index (χ2v) is 6.74. The number of nitrogens with one attached hydrogen (secondary N) is 2. The fourth-order valence-electron chi connectivity index (χ4n) is 2.19. The van der Waals surface area contributed by atoms with Crippen LogP contribution in [0.3, 0.4) is 0 Å². The second kappa shape index (κ2) is 12.7. The quantitative estimate of drug-likeness (QED) is 0.245. The molecule has 8 heteroatoms. The number of hydrogen-bond donors (Lipinski definition) is 2. The number of aromatic nitrogens is 1. The molecule has 1 heterocycles. The van der Waals surface area contributed by atoms with Gasteiger partial charge in [-0.2, -0.15) is 0 Å². The first-order chi connectivity index (χ1) is 12.2. The number of benzene rings is 1. The number of ether oxygens (including phenoxy) is 2. The van der Waals surface area contributed by atoms with E-state index in [-0.39, 0.29) is 24.0 Å². The highest BCUT2D eigenvalue weighted by molar-refractivity contribution is 14.0. The molecule has 0 bridgehead atoms. The maximum atomic E-state index is 5.72. The lowest BCUT2D eigenvalue weighted by Gasteiger charge is -2.12. The Morgan fingerprint density at radius 1 is 1.23 bits per heavy atom. The van der Waals surface area contributed by atoms with Crippen LogP contribution in [-0.2, 0) is 6.42 Å². The van der Waals surface area contributed by atoms with Gasteiger partial charge in [0.25, 0.3) is 0 Å². The van der Waals surface area contributed by atoms with E-state index in [1.165, 1.54) is 4.88 Å². The number of rotatable bonds is 9. The molecule has 2 rings (SSSR count). The standard InChI is InChI=1S/C18H26N4O2S.HI/c1-14-13-22-17(25-14)8-10-21-18(19-2)20-9-5-11-24-16-7-4-6-15(12-16)23-3;/h4,6-7,12-13H,5,8-11H2,1-3H3,(H2,19,20,21);1H. The third-order valence-corrected chi connectivity index (χ3v) is 4.42. The SMILES string of the molecule is CN=C(NCCCOc1cccc(OC)c1)NCCc1ncc(C)s1.I. The van der Waals surface area contributed by atoms with Crippen molar-refractivity contribution in [3.63, 3.8) is 0 Å². The predicted molar refractivity (Wildman–Crippen MR) is 118 cm³/mol. The van der Waals surface area contributed by atoms with Crippen LogP contribution in [-0.4, -0.2) is 44.8 Å². The van der Waals surface area contributed by atoms with Gasteiger partial charge in [0.2, 0.25) is 0 Å². The van der Waals surface area contributed by atoms with Gasteiger partial charge in [-0.1, -0.05) is 6.07 Å². The maximum absolute atomic E-state index is 5.72. The smallest absolute Gasteiger partial charge is 0.190 e. The number of hydrogen-bond acceptors (Lipinski definition) is 5. The molecule has 6 nitrogen and oxygen atoms in total. The molecule has 1 aromatic carbocycles. The molecule has 0 radical (unpaired) electrons. The Kier molecular flexibility index (Phi) is 11.0. The molecule has 2 aromatic rings. The minimum atomic E-state index is 0. The number of thiazole rings is 1. The largest absolute Gasteiger partial charge is 0.497 e. The lowest BCUT2D eigenvalue weighted by molar-refractivity contribution is 0.308. The Morgan fingerprint density at radius 3 is 2.69 bits per heavy atom. The van der Waals surface area contributed by atoms with Gasteiger partial charge in [0, 0.05) is 43.7 Å².